The van der Waals surface area contributed by atoms with Crippen LogP contribution in [0.3, 0.4) is 0 Å². The van der Waals surface area contributed by atoms with Gasteiger partial charge in [-0.05, 0) is 24.5 Å². The van der Waals surface area contributed by atoms with Crippen molar-refractivity contribution in [2.45, 2.75) is 4.90 Å². The number of hydrogen-bond acceptors (Lipinski definition) is 5. The largest absolute Gasteiger partial charge is 0.465 e. The van der Waals surface area contributed by atoms with Crippen LogP contribution < -0.4 is 0 Å². The molecule has 0 N–H and O–H groups in total. The molecule has 0 aliphatic carbocycles. The van der Waals surface area contributed by atoms with E-state index in [4.69, 9.17) is 4.74 Å². The average Bonchev–Trinajstić information content (AvgIpc) is 2.96. The molecule has 3 aromatic rings. The smallest absolute Gasteiger partial charge is 0.339 e. The number of aromatic nitrogens is 3. The number of methoxy groups -OCH3 is 1. The van der Waals surface area contributed by atoms with Crippen LogP contribution in [0.25, 0.3) is 17.0 Å². The maximum Gasteiger partial charge on any atom is 0.339 e. The van der Waals surface area contributed by atoms with E-state index in [0.29, 0.717) is 17.0 Å². The zero-order valence-corrected chi connectivity index (χ0v) is 12.4. The Balaban J connectivity index is 2.21. The van der Waals surface area contributed by atoms with Crippen LogP contribution in [0.1, 0.15) is 10.4 Å². The second-order valence-electron chi connectivity index (χ2n) is 4.36. The molecule has 0 fully saturated rings. The summed E-state index contributed by atoms with van der Waals surface area (Å²) in [4.78, 5) is 12.8. The van der Waals surface area contributed by atoms with Crippen LogP contribution in [0.5, 0.6) is 0 Å². The number of carbonyl (C=O) groups excluding carboxylic acids is 1. The highest BCUT2D eigenvalue weighted by atomic mass is 32.2. The lowest BCUT2D eigenvalue weighted by atomic mass is 10.2. The minimum atomic E-state index is -0.380. The third-order valence-corrected chi connectivity index (χ3v) is 3.97. The molecule has 3 rings (SSSR count). The van der Waals surface area contributed by atoms with Gasteiger partial charge in [0, 0.05) is 16.7 Å². The van der Waals surface area contributed by atoms with E-state index >= 15 is 0 Å². The first-order valence-corrected chi connectivity index (χ1v) is 7.53. The number of rotatable bonds is 3. The second-order valence-corrected chi connectivity index (χ2v) is 5.21. The van der Waals surface area contributed by atoms with Crippen LogP contribution in [0.4, 0.5) is 0 Å². The number of ether oxygens (including phenoxy) is 1. The fourth-order valence-corrected chi connectivity index (χ4v) is 2.74. The summed E-state index contributed by atoms with van der Waals surface area (Å²) in [7, 11) is 1.36. The van der Waals surface area contributed by atoms with E-state index in [9.17, 15) is 4.79 Å². The van der Waals surface area contributed by atoms with Gasteiger partial charge in [-0.1, -0.05) is 18.2 Å². The van der Waals surface area contributed by atoms with E-state index in [2.05, 4.69) is 10.2 Å². The van der Waals surface area contributed by atoms with Gasteiger partial charge in [-0.3, -0.25) is 4.40 Å². The number of hydrogen-bond donors (Lipinski definition) is 0. The Bertz CT molecular complexity index is 814. The van der Waals surface area contributed by atoms with E-state index in [-0.39, 0.29) is 5.97 Å². The Morgan fingerprint density at radius 2 is 2.00 bits per heavy atom. The third-order valence-electron chi connectivity index (χ3n) is 3.17. The van der Waals surface area contributed by atoms with Gasteiger partial charge in [0.15, 0.2) is 11.5 Å². The third kappa shape index (κ3) is 2.38. The van der Waals surface area contributed by atoms with Crippen LogP contribution in [0, 0.1) is 0 Å². The summed E-state index contributed by atoms with van der Waals surface area (Å²) in [6, 6.07) is 11.4. The molecule has 0 spiro atoms. The van der Waals surface area contributed by atoms with Crippen LogP contribution in [0.15, 0.2) is 47.5 Å². The van der Waals surface area contributed by atoms with Gasteiger partial charge in [0.1, 0.15) is 0 Å². The topological polar surface area (TPSA) is 56.5 Å². The van der Waals surface area contributed by atoms with Crippen molar-refractivity contribution >= 4 is 23.4 Å². The average molecular weight is 299 g/mol. The number of thioether (sulfide) groups is 1. The Morgan fingerprint density at radius 3 is 2.76 bits per heavy atom. The number of pyridine rings is 1. The van der Waals surface area contributed by atoms with Crippen LogP contribution in [-0.2, 0) is 4.74 Å². The molecular weight excluding hydrogens is 286 g/mol. The Hall–Kier alpha value is -2.34. The lowest BCUT2D eigenvalue weighted by Crippen LogP contribution is -2.03. The maximum absolute atomic E-state index is 11.7. The predicted molar refractivity (Wildman–Crippen MR) is 81.5 cm³/mol. The summed E-state index contributed by atoms with van der Waals surface area (Å²) in [6.45, 7) is 0. The summed E-state index contributed by atoms with van der Waals surface area (Å²) in [5, 5.41) is 8.40. The minimum absolute atomic E-state index is 0.380. The van der Waals surface area contributed by atoms with Crippen molar-refractivity contribution in [1.29, 1.82) is 0 Å². The van der Waals surface area contributed by atoms with Gasteiger partial charge in [-0.2, -0.15) is 0 Å². The molecule has 6 heteroatoms. The quantitative estimate of drug-likeness (QED) is 0.550. The van der Waals surface area contributed by atoms with Gasteiger partial charge in [-0.25, -0.2) is 4.79 Å². The molecule has 5 nitrogen and oxygen atoms in total. The molecule has 0 atom stereocenters. The Morgan fingerprint density at radius 1 is 1.19 bits per heavy atom. The number of fused-ring (bicyclic) bond motifs is 1. The SMILES string of the molecule is COC(=O)c1ccc2nnc(-c3ccccc3SC)n2c1. The molecule has 0 amide bonds. The molecule has 0 unspecified atom stereocenters. The molecular formula is C15H13N3O2S. The highest BCUT2D eigenvalue weighted by Gasteiger charge is 2.14. The van der Waals surface area contributed by atoms with Crippen molar-refractivity contribution in [2.24, 2.45) is 0 Å². The maximum atomic E-state index is 11.7. The van der Waals surface area contributed by atoms with Crippen molar-refractivity contribution in [3.63, 3.8) is 0 Å². The van der Waals surface area contributed by atoms with E-state index < -0.39 is 0 Å². The van der Waals surface area contributed by atoms with E-state index in [1.165, 1.54) is 7.11 Å². The normalized spacial score (nSPS) is 10.8. The van der Waals surface area contributed by atoms with E-state index in [0.717, 1.165) is 10.5 Å². The minimum Gasteiger partial charge on any atom is -0.465 e. The molecule has 0 radical (unpaired) electrons. The van der Waals surface area contributed by atoms with Crippen molar-refractivity contribution < 1.29 is 9.53 Å². The van der Waals surface area contributed by atoms with Crippen molar-refractivity contribution in [3.8, 4) is 11.4 Å². The molecule has 106 valence electrons. The van der Waals surface area contributed by atoms with Crippen molar-refractivity contribution in [1.82, 2.24) is 14.6 Å². The molecule has 0 aliphatic rings. The molecule has 2 aromatic heterocycles. The highest BCUT2D eigenvalue weighted by Crippen LogP contribution is 2.29. The van der Waals surface area contributed by atoms with Crippen LogP contribution >= 0.6 is 11.8 Å². The first kappa shape index (κ1) is 13.6. The molecule has 2 heterocycles. The number of carbonyl (C=O) groups is 1. The van der Waals surface area contributed by atoms with Gasteiger partial charge >= 0.3 is 5.97 Å². The van der Waals surface area contributed by atoms with E-state index in [1.807, 2.05) is 30.5 Å². The van der Waals surface area contributed by atoms with Gasteiger partial charge in [0.25, 0.3) is 0 Å². The standard InChI is InChI=1S/C15H13N3O2S/c1-20-15(19)10-7-8-13-16-17-14(18(13)9-10)11-5-3-4-6-12(11)21-2/h3-9H,1-2H3. The first-order valence-electron chi connectivity index (χ1n) is 6.31. The van der Waals surface area contributed by atoms with Crippen LogP contribution in [0.2, 0.25) is 0 Å². The number of nitrogens with zero attached hydrogens (tertiary/aromatic N) is 3. The lowest BCUT2D eigenvalue weighted by molar-refractivity contribution is 0.0600. The molecule has 0 aliphatic heterocycles. The van der Waals surface area contributed by atoms with Gasteiger partial charge in [0.05, 0.1) is 12.7 Å². The summed E-state index contributed by atoms with van der Waals surface area (Å²) in [6.07, 6.45) is 3.72. The molecule has 0 bridgehead atoms. The predicted octanol–water partition coefficient (Wildman–Crippen LogP) is 2.90. The van der Waals surface area contributed by atoms with Crippen molar-refractivity contribution in [2.75, 3.05) is 13.4 Å². The van der Waals surface area contributed by atoms with Gasteiger partial charge in [0.2, 0.25) is 0 Å². The first-order chi connectivity index (χ1) is 10.2. The fraction of sp³-hybridized carbons (Fsp3) is 0.133. The summed E-state index contributed by atoms with van der Waals surface area (Å²) in [5.41, 5.74) is 2.14. The number of esters is 1. The van der Waals surface area contributed by atoms with Crippen LogP contribution in [-0.4, -0.2) is 33.9 Å². The lowest BCUT2D eigenvalue weighted by Gasteiger charge is -2.06. The van der Waals surface area contributed by atoms with Gasteiger partial charge in [-0.15, -0.1) is 22.0 Å². The zero-order chi connectivity index (χ0) is 14.8. The summed E-state index contributed by atoms with van der Waals surface area (Å²) >= 11 is 1.64. The summed E-state index contributed by atoms with van der Waals surface area (Å²) in [5.74, 6) is 0.329. The summed E-state index contributed by atoms with van der Waals surface area (Å²) < 4.78 is 6.56. The van der Waals surface area contributed by atoms with E-state index in [1.54, 1.807) is 34.5 Å². The monoisotopic (exact) mass is 299 g/mol. The fourth-order valence-electron chi connectivity index (χ4n) is 2.14. The Labute approximate surface area is 126 Å². The van der Waals surface area contributed by atoms with Gasteiger partial charge < -0.3 is 4.74 Å². The molecule has 21 heavy (non-hydrogen) atoms. The zero-order valence-electron chi connectivity index (χ0n) is 11.6. The molecule has 1 aromatic carbocycles. The molecule has 0 saturated heterocycles. The molecule has 0 saturated carbocycles. The second kappa shape index (κ2) is 5.57. The highest BCUT2D eigenvalue weighted by molar-refractivity contribution is 7.98. The van der Waals surface area contributed by atoms with Crippen molar-refractivity contribution in [3.05, 3.63) is 48.2 Å². The number of benzene rings is 1. The Kier molecular flexibility index (Phi) is 3.62.